The maximum atomic E-state index is 12.2. The van der Waals surface area contributed by atoms with Gasteiger partial charge in [-0.1, -0.05) is 30.8 Å². The standard InChI is InChI=1S/C14H18N2OS2/c1-19-12-4-2-3-11(12)16-14(17)10-7-5-9(6-8-10)13(15)18/h5-8,11-12H,2-4H2,1H3,(H2,15,18)(H,16,17). The summed E-state index contributed by atoms with van der Waals surface area (Å²) in [6.45, 7) is 0. The number of amides is 1. The van der Waals surface area contributed by atoms with E-state index in [0.717, 1.165) is 12.0 Å². The van der Waals surface area contributed by atoms with Gasteiger partial charge in [0.15, 0.2) is 0 Å². The highest BCUT2D eigenvalue weighted by atomic mass is 32.2. The number of benzene rings is 1. The van der Waals surface area contributed by atoms with Crippen molar-refractivity contribution in [2.24, 2.45) is 5.73 Å². The Morgan fingerprint density at radius 2 is 1.95 bits per heavy atom. The van der Waals surface area contributed by atoms with E-state index in [-0.39, 0.29) is 11.9 Å². The number of nitrogens with one attached hydrogen (secondary N) is 1. The fourth-order valence-electron chi connectivity index (χ4n) is 2.41. The first-order chi connectivity index (χ1) is 9.11. The van der Waals surface area contributed by atoms with Gasteiger partial charge in [0.05, 0.1) is 0 Å². The summed E-state index contributed by atoms with van der Waals surface area (Å²) >= 11 is 6.73. The van der Waals surface area contributed by atoms with Gasteiger partial charge in [-0.2, -0.15) is 11.8 Å². The summed E-state index contributed by atoms with van der Waals surface area (Å²) in [4.78, 5) is 12.5. The third-order valence-electron chi connectivity index (χ3n) is 3.50. The fraction of sp³-hybridized carbons (Fsp3) is 0.429. The van der Waals surface area contributed by atoms with Crippen LogP contribution in [0.25, 0.3) is 0 Å². The van der Waals surface area contributed by atoms with Crippen molar-refractivity contribution in [2.45, 2.75) is 30.6 Å². The molecule has 3 nitrogen and oxygen atoms in total. The summed E-state index contributed by atoms with van der Waals surface area (Å²) in [6.07, 6.45) is 5.55. The first kappa shape index (κ1) is 14.3. The third-order valence-corrected chi connectivity index (χ3v) is 4.91. The number of thiocarbonyl (C=S) groups is 1. The second-order valence-corrected chi connectivity index (χ2v) is 6.24. The maximum Gasteiger partial charge on any atom is 0.251 e. The second kappa shape index (κ2) is 6.39. The highest BCUT2D eigenvalue weighted by Gasteiger charge is 2.27. The van der Waals surface area contributed by atoms with Crippen LogP contribution < -0.4 is 11.1 Å². The second-order valence-electron chi connectivity index (χ2n) is 4.73. The Labute approximate surface area is 123 Å². The van der Waals surface area contributed by atoms with E-state index in [2.05, 4.69) is 11.6 Å². The lowest BCUT2D eigenvalue weighted by Gasteiger charge is -2.19. The van der Waals surface area contributed by atoms with E-state index in [1.165, 1.54) is 12.8 Å². The minimum Gasteiger partial charge on any atom is -0.389 e. The van der Waals surface area contributed by atoms with E-state index < -0.39 is 0 Å². The normalized spacial score (nSPS) is 22.2. The molecule has 2 rings (SSSR count). The monoisotopic (exact) mass is 294 g/mol. The minimum atomic E-state index is -0.0135. The van der Waals surface area contributed by atoms with Crippen molar-refractivity contribution in [3.05, 3.63) is 35.4 Å². The Morgan fingerprint density at radius 1 is 1.32 bits per heavy atom. The fourth-order valence-corrected chi connectivity index (χ4v) is 3.48. The van der Waals surface area contributed by atoms with E-state index in [1.807, 2.05) is 11.8 Å². The smallest absolute Gasteiger partial charge is 0.251 e. The molecule has 0 aliphatic heterocycles. The number of hydrogen-bond donors (Lipinski definition) is 2. The molecule has 2 unspecified atom stereocenters. The van der Waals surface area contributed by atoms with Gasteiger partial charge in [-0.15, -0.1) is 0 Å². The van der Waals surface area contributed by atoms with E-state index in [0.29, 0.717) is 15.8 Å². The Balaban J connectivity index is 2.01. The zero-order valence-electron chi connectivity index (χ0n) is 10.9. The number of carbonyl (C=O) groups is 1. The van der Waals surface area contributed by atoms with Gasteiger partial charge in [0, 0.05) is 22.4 Å². The van der Waals surface area contributed by atoms with Crippen molar-refractivity contribution in [3.8, 4) is 0 Å². The summed E-state index contributed by atoms with van der Waals surface area (Å²) in [5.41, 5.74) is 6.98. The Hall–Kier alpha value is -1.07. The first-order valence-corrected chi connectivity index (χ1v) is 8.05. The zero-order chi connectivity index (χ0) is 13.8. The third kappa shape index (κ3) is 3.48. The van der Waals surface area contributed by atoms with E-state index in [9.17, 15) is 4.79 Å². The molecule has 5 heteroatoms. The summed E-state index contributed by atoms with van der Waals surface area (Å²) in [7, 11) is 0. The number of carbonyl (C=O) groups excluding carboxylic acids is 1. The minimum absolute atomic E-state index is 0.0135. The molecule has 0 heterocycles. The van der Waals surface area contributed by atoms with Gasteiger partial charge in [0.2, 0.25) is 0 Å². The van der Waals surface area contributed by atoms with Crippen LogP contribution in [-0.2, 0) is 0 Å². The Morgan fingerprint density at radius 3 is 2.53 bits per heavy atom. The summed E-state index contributed by atoms with van der Waals surface area (Å²) in [5, 5.41) is 3.66. The lowest BCUT2D eigenvalue weighted by molar-refractivity contribution is 0.0938. The topological polar surface area (TPSA) is 55.1 Å². The van der Waals surface area contributed by atoms with Crippen LogP contribution in [0.3, 0.4) is 0 Å². The number of hydrogen-bond acceptors (Lipinski definition) is 3. The average molecular weight is 294 g/mol. The van der Waals surface area contributed by atoms with Crippen LogP contribution in [0.2, 0.25) is 0 Å². The van der Waals surface area contributed by atoms with Crippen molar-refractivity contribution in [3.63, 3.8) is 0 Å². The molecule has 1 amide bonds. The van der Waals surface area contributed by atoms with Crippen molar-refractivity contribution in [2.75, 3.05) is 6.26 Å². The van der Waals surface area contributed by atoms with Gasteiger partial charge in [0.1, 0.15) is 4.99 Å². The Kier molecular flexibility index (Phi) is 4.82. The molecule has 0 spiro atoms. The molecule has 3 N–H and O–H groups in total. The van der Waals surface area contributed by atoms with Crippen LogP contribution in [0.15, 0.2) is 24.3 Å². The lowest BCUT2D eigenvalue weighted by atomic mass is 10.1. The van der Waals surface area contributed by atoms with E-state index in [1.54, 1.807) is 24.3 Å². The molecule has 1 aromatic rings. The molecule has 1 saturated carbocycles. The van der Waals surface area contributed by atoms with Gasteiger partial charge in [-0.3, -0.25) is 4.79 Å². The van der Waals surface area contributed by atoms with Gasteiger partial charge in [0.25, 0.3) is 5.91 Å². The van der Waals surface area contributed by atoms with Crippen molar-refractivity contribution in [1.29, 1.82) is 0 Å². The number of rotatable bonds is 4. The predicted molar refractivity (Wildman–Crippen MR) is 84.7 cm³/mol. The molecule has 1 aliphatic rings. The van der Waals surface area contributed by atoms with Gasteiger partial charge >= 0.3 is 0 Å². The van der Waals surface area contributed by atoms with Crippen molar-refractivity contribution in [1.82, 2.24) is 5.32 Å². The van der Waals surface area contributed by atoms with E-state index in [4.69, 9.17) is 18.0 Å². The molecule has 1 aromatic carbocycles. The summed E-state index contributed by atoms with van der Waals surface area (Å²) in [6, 6.07) is 7.41. The summed E-state index contributed by atoms with van der Waals surface area (Å²) < 4.78 is 0. The predicted octanol–water partition coefficient (Wildman–Crippen LogP) is 2.33. The quantitative estimate of drug-likeness (QED) is 0.837. The number of nitrogens with two attached hydrogens (primary N) is 1. The van der Waals surface area contributed by atoms with Crippen LogP contribution in [0.1, 0.15) is 35.2 Å². The molecule has 0 aromatic heterocycles. The van der Waals surface area contributed by atoms with Crippen LogP contribution >= 0.6 is 24.0 Å². The highest BCUT2D eigenvalue weighted by Crippen LogP contribution is 2.28. The number of thioether (sulfide) groups is 1. The van der Waals surface area contributed by atoms with Gasteiger partial charge in [-0.25, -0.2) is 0 Å². The van der Waals surface area contributed by atoms with Crippen molar-refractivity contribution >= 4 is 34.9 Å². The summed E-state index contributed by atoms with van der Waals surface area (Å²) in [5.74, 6) is -0.0135. The Bertz CT molecular complexity index is 473. The lowest BCUT2D eigenvalue weighted by Crippen LogP contribution is -2.38. The highest BCUT2D eigenvalue weighted by molar-refractivity contribution is 7.99. The van der Waals surface area contributed by atoms with Crippen molar-refractivity contribution < 1.29 is 4.79 Å². The molecule has 1 fully saturated rings. The van der Waals surface area contributed by atoms with Gasteiger partial charge < -0.3 is 11.1 Å². The molecule has 1 aliphatic carbocycles. The molecule has 0 radical (unpaired) electrons. The zero-order valence-corrected chi connectivity index (χ0v) is 12.5. The van der Waals surface area contributed by atoms with Crippen LogP contribution in [0.4, 0.5) is 0 Å². The molecule has 0 bridgehead atoms. The molecular weight excluding hydrogens is 276 g/mol. The molecule has 102 valence electrons. The van der Waals surface area contributed by atoms with Gasteiger partial charge in [-0.05, 0) is 31.2 Å². The molecule has 19 heavy (non-hydrogen) atoms. The maximum absolute atomic E-state index is 12.2. The van der Waals surface area contributed by atoms with Crippen LogP contribution in [0.5, 0.6) is 0 Å². The van der Waals surface area contributed by atoms with E-state index >= 15 is 0 Å². The average Bonchev–Trinajstić information content (AvgIpc) is 2.86. The van der Waals surface area contributed by atoms with Crippen LogP contribution in [0, 0.1) is 0 Å². The first-order valence-electron chi connectivity index (χ1n) is 6.35. The largest absolute Gasteiger partial charge is 0.389 e. The van der Waals surface area contributed by atoms with Crippen LogP contribution in [-0.4, -0.2) is 28.4 Å². The molecule has 2 atom stereocenters. The molecule has 0 saturated heterocycles. The molecular formula is C14H18N2OS2. The SMILES string of the molecule is CSC1CCCC1NC(=O)c1ccc(C(N)=S)cc1.